The van der Waals surface area contributed by atoms with Gasteiger partial charge in [-0.2, -0.15) is 0 Å². The Labute approximate surface area is 127 Å². The van der Waals surface area contributed by atoms with Crippen molar-refractivity contribution >= 4 is 34.9 Å². The molecular formula is C16H17NO3S. The van der Waals surface area contributed by atoms with Gasteiger partial charge in [0.05, 0.1) is 11.3 Å². The Kier molecular flexibility index (Phi) is 4.63. The zero-order chi connectivity index (χ0) is 15.5. The van der Waals surface area contributed by atoms with Gasteiger partial charge in [-0.05, 0) is 32.9 Å². The van der Waals surface area contributed by atoms with Crippen molar-refractivity contribution in [3.63, 3.8) is 0 Å². The summed E-state index contributed by atoms with van der Waals surface area (Å²) in [5.41, 5.74) is 0.777. The van der Waals surface area contributed by atoms with Crippen molar-refractivity contribution < 1.29 is 14.3 Å². The van der Waals surface area contributed by atoms with Crippen molar-refractivity contribution in [2.75, 3.05) is 5.75 Å². The van der Waals surface area contributed by atoms with Crippen LogP contribution in [0, 0.1) is 0 Å². The Bertz CT molecular complexity index is 677. The number of aromatic nitrogens is 1. The first kappa shape index (κ1) is 15.5. The van der Waals surface area contributed by atoms with Gasteiger partial charge in [-0.15, -0.1) is 0 Å². The van der Waals surface area contributed by atoms with Gasteiger partial charge in [-0.3, -0.25) is 9.59 Å². The molecule has 0 bridgehead atoms. The first-order valence-corrected chi connectivity index (χ1v) is 7.57. The number of hydrogen-bond donors (Lipinski definition) is 0. The van der Waals surface area contributed by atoms with E-state index in [4.69, 9.17) is 4.74 Å². The Morgan fingerprint density at radius 2 is 2.05 bits per heavy atom. The molecule has 0 saturated heterocycles. The van der Waals surface area contributed by atoms with Gasteiger partial charge in [0, 0.05) is 10.9 Å². The second-order valence-corrected chi connectivity index (χ2v) is 6.53. The topological polar surface area (TPSA) is 56.3 Å². The highest BCUT2D eigenvalue weighted by Gasteiger charge is 2.17. The standard InChI is InChI=1S/C16H17NO3S/c1-16(2,3)20-14(19)10-21-15-12(9-18)8-11-6-4-5-7-13(11)17-15/h4-9H,10H2,1-3H3. The van der Waals surface area contributed by atoms with Crippen LogP contribution >= 0.6 is 11.8 Å². The minimum Gasteiger partial charge on any atom is -0.459 e. The molecule has 1 aromatic carbocycles. The molecule has 0 radical (unpaired) electrons. The van der Waals surface area contributed by atoms with Gasteiger partial charge in [0.15, 0.2) is 6.29 Å². The summed E-state index contributed by atoms with van der Waals surface area (Å²) < 4.78 is 5.24. The van der Waals surface area contributed by atoms with Gasteiger partial charge in [0.1, 0.15) is 10.6 Å². The van der Waals surface area contributed by atoms with Crippen molar-refractivity contribution in [1.82, 2.24) is 4.98 Å². The number of thioether (sulfide) groups is 1. The lowest BCUT2D eigenvalue weighted by Crippen LogP contribution is -2.25. The number of esters is 1. The SMILES string of the molecule is CC(C)(C)OC(=O)CSc1nc2ccccc2cc1C=O. The Morgan fingerprint density at radius 1 is 1.33 bits per heavy atom. The number of pyridine rings is 1. The largest absolute Gasteiger partial charge is 0.459 e. The summed E-state index contributed by atoms with van der Waals surface area (Å²) in [6.45, 7) is 5.46. The van der Waals surface area contributed by atoms with Gasteiger partial charge < -0.3 is 4.74 Å². The van der Waals surface area contributed by atoms with Crippen LogP contribution in [0.4, 0.5) is 0 Å². The van der Waals surface area contributed by atoms with E-state index < -0.39 is 5.60 Å². The molecule has 0 saturated carbocycles. The molecule has 0 unspecified atom stereocenters. The van der Waals surface area contributed by atoms with Crippen molar-refractivity contribution in [2.45, 2.75) is 31.4 Å². The molecule has 5 heteroatoms. The minimum absolute atomic E-state index is 0.128. The Hall–Kier alpha value is -1.88. The van der Waals surface area contributed by atoms with E-state index in [-0.39, 0.29) is 11.7 Å². The average molecular weight is 303 g/mol. The molecule has 21 heavy (non-hydrogen) atoms. The zero-order valence-electron chi connectivity index (χ0n) is 12.3. The maximum atomic E-state index is 11.7. The number of nitrogens with zero attached hydrogens (tertiary/aromatic N) is 1. The lowest BCUT2D eigenvalue weighted by Gasteiger charge is -2.19. The molecule has 1 aromatic heterocycles. The Morgan fingerprint density at radius 3 is 2.71 bits per heavy atom. The predicted molar refractivity (Wildman–Crippen MR) is 83.7 cm³/mol. The number of fused-ring (bicyclic) bond motifs is 1. The molecule has 0 aliphatic rings. The molecule has 4 nitrogen and oxygen atoms in total. The fraction of sp³-hybridized carbons (Fsp3) is 0.312. The van der Waals surface area contributed by atoms with Gasteiger partial charge in [-0.25, -0.2) is 4.98 Å². The van der Waals surface area contributed by atoms with Crippen LogP contribution in [0.15, 0.2) is 35.4 Å². The summed E-state index contributed by atoms with van der Waals surface area (Å²) in [5, 5.41) is 1.45. The van der Waals surface area contributed by atoms with Crippen molar-refractivity contribution in [1.29, 1.82) is 0 Å². The molecule has 2 rings (SSSR count). The van der Waals surface area contributed by atoms with Crippen LogP contribution in [0.25, 0.3) is 10.9 Å². The van der Waals surface area contributed by atoms with E-state index in [1.807, 2.05) is 45.0 Å². The average Bonchev–Trinajstić information content (AvgIpc) is 2.42. The second kappa shape index (κ2) is 6.26. The molecule has 0 spiro atoms. The number of benzene rings is 1. The molecule has 0 atom stereocenters. The monoisotopic (exact) mass is 303 g/mol. The van der Waals surface area contributed by atoms with Crippen LogP contribution in [-0.4, -0.2) is 28.6 Å². The second-order valence-electron chi connectivity index (χ2n) is 5.57. The number of carbonyl (C=O) groups is 2. The van der Waals surface area contributed by atoms with E-state index >= 15 is 0 Å². The number of aldehydes is 1. The molecule has 110 valence electrons. The van der Waals surface area contributed by atoms with E-state index in [0.29, 0.717) is 10.6 Å². The fourth-order valence-corrected chi connectivity index (χ4v) is 2.56. The fourth-order valence-electron chi connectivity index (χ4n) is 1.81. The number of rotatable bonds is 4. The van der Waals surface area contributed by atoms with Crippen LogP contribution in [-0.2, 0) is 9.53 Å². The third-order valence-electron chi connectivity index (χ3n) is 2.59. The highest BCUT2D eigenvalue weighted by Crippen LogP contribution is 2.24. The molecule has 0 amide bonds. The summed E-state index contributed by atoms with van der Waals surface area (Å²) in [5.74, 6) is -0.192. The molecule has 1 heterocycles. The quantitative estimate of drug-likeness (QED) is 0.492. The number of carbonyl (C=O) groups excluding carboxylic acids is 2. The van der Waals surface area contributed by atoms with Crippen LogP contribution in [0.2, 0.25) is 0 Å². The van der Waals surface area contributed by atoms with Crippen LogP contribution in [0.5, 0.6) is 0 Å². The summed E-state index contributed by atoms with van der Waals surface area (Å²) in [6.07, 6.45) is 0.761. The lowest BCUT2D eigenvalue weighted by molar-refractivity contribution is -0.151. The number of ether oxygens (including phenoxy) is 1. The van der Waals surface area contributed by atoms with E-state index in [2.05, 4.69) is 4.98 Å². The summed E-state index contributed by atoms with van der Waals surface area (Å²) in [7, 11) is 0. The first-order valence-electron chi connectivity index (χ1n) is 6.59. The lowest BCUT2D eigenvalue weighted by atomic mass is 10.2. The number of hydrogen-bond acceptors (Lipinski definition) is 5. The molecule has 0 aliphatic heterocycles. The van der Waals surface area contributed by atoms with E-state index in [1.54, 1.807) is 6.07 Å². The van der Waals surface area contributed by atoms with Gasteiger partial charge in [0.2, 0.25) is 0 Å². The van der Waals surface area contributed by atoms with E-state index in [9.17, 15) is 9.59 Å². The van der Waals surface area contributed by atoms with Crippen LogP contribution in [0.1, 0.15) is 31.1 Å². The smallest absolute Gasteiger partial charge is 0.316 e. The van der Waals surface area contributed by atoms with Gasteiger partial charge in [-0.1, -0.05) is 30.0 Å². The highest BCUT2D eigenvalue weighted by molar-refractivity contribution is 8.00. The zero-order valence-corrected chi connectivity index (χ0v) is 13.1. The minimum atomic E-state index is -0.512. The van der Waals surface area contributed by atoms with Crippen molar-refractivity contribution in [2.24, 2.45) is 0 Å². The van der Waals surface area contributed by atoms with Gasteiger partial charge in [0.25, 0.3) is 0 Å². The molecule has 0 fully saturated rings. The third kappa shape index (κ3) is 4.29. The van der Waals surface area contributed by atoms with Crippen molar-refractivity contribution in [3.05, 3.63) is 35.9 Å². The third-order valence-corrected chi connectivity index (χ3v) is 3.57. The summed E-state index contributed by atoms with van der Waals surface area (Å²) in [6, 6.07) is 9.34. The van der Waals surface area contributed by atoms with Crippen molar-refractivity contribution in [3.8, 4) is 0 Å². The molecule has 2 aromatic rings. The summed E-state index contributed by atoms with van der Waals surface area (Å²) >= 11 is 1.22. The maximum absolute atomic E-state index is 11.7. The predicted octanol–water partition coefficient (Wildman–Crippen LogP) is 3.48. The van der Waals surface area contributed by atoms with E-state index in [0.717, 1.165) is 17.2 Å². The molecule has 0 N–H and O–H groups in total. The molecular weight excluding hydrogens is 286 g/mol. The van der Waals surface area contributed by atoms with Crippen LogP contribution in [0.3, 0.4) is 0 Å². The van der Waals surface area contributed by atoms with Gasteiger partial charge >= 0.3 is 5.97 Å². The first-order chi connectivity index (χ1) is 9.89. The maximum Gasteiger partial charge on any atom is 0.316 e. The number of para-hydroxylation sites is 1. The normalized spacial score (nSPS) is 11.4. The van der Waals surface area contributed by atoms with Crippen LogP contribution < -0.4 is 0 Å². The molecule has 0 aliphatic carbocycles. The summed E-state index contributed by atoms with van der Waals surface area (Å²) in [4.78, 5) is 27.3. The van der Waals surface area contributed by atoms with E-state index in [1.165, 1.54) is 11.8 Å². The highest BCUT2D eigenvalue weighted by atomic mass is 32.2. The Balaban J connectivity index is 2.17.